The van der Waals surface area contributed by atoms with Gasteiger partial charge >= 0.3 is 0 Å². The number of ether oxygens (including phenoxy) is 1. The SMILES string of the molecule is COc1cccc2c(C(=O)C#N)c(C)n(C3CCCCC3)c12. The van der Waals surface area contributed by atoms with Gasteiger partial charge in [0, 0.05) is 17.1 Å². The van der Waals surface area contributed by atoms with Gasteiger partial charge < -0.3 is 9.30 Å². The monoisotopic (exact) mass is 296 g/mol. The van der Waals surface area contributed by atoms with Gasteiger partial charge in [-0.25, -0.2) is 0 Å². The lowest BCUT2D eigenvalue weighted by Crippen LogP contribution is -2.14. The number of rotatable bonds is 3. The second-order valence-electron chi connectivity index (χ2n) is 5.92. The number of nitrogens with zero attached hydrogens (tertiary/aromatic N) is 2. The normalized spacial score (nSPS) is 15.7. The molecule has 1 aliphatic rings. The van der Waals surface area contributed by atoms with Crippen molar-refractivity contribution in [3.05, 3.63) is 29.5 Å². The Morgan fingerprint density at radius 1 is 1.32 bits per heavy atom. The van der Waals surface area contributed by atoms with Crippen molar-refractivity contribution in [3.8, 4) is 11.8 Å². The molecule has 1 heterocycles. The number of hydrogen-bond donors (Lipinski definition) is 0. The average molecular weight is 296 g/mol. The summed E-state index contributed by atoms with van der Waals surface area (Å²) in [6.45, 7) is 1.94. The van der Waals surface area contributed by atoms with Gasteiger partial charge in [-0.2, -0.15) is 5.26 Å². The van der Waals surface area contributed by atoms with Crippen molar-refractivity contribution < 1.29 is 9.53 Å². The number of Topliss-reactive ketones (excluding diaryl/α,β-unsaturated/α-hetero) is 1. The van der Waals surface area contributed by atoms with Crippen LogP contribution in [0.5, 0.6) is 5.75 Å². The first kappa shape index (κ1) is 14.6. The van der Waals surface area contributed by atoms with Crippen LogP contribution in [-0.4, -0.2) is 17.5 Å². The fourth-order valence-electron chi connectivity index (χ4n) is 3.76. The number of carbonyl (C=O) groups is 1. The van der Waals surface area contributed by atoms with E-state index in [-0.39, 0.29) is 0 Å². The fourth-order valence-corrected chi connectivity index (χ4v) is 3.76. The molecule has 1 aliphatic carbocycles. The van der Waals surface area contributed by atoms with Crippen LogP contribution in [0.15, 0.2) is 18.2 Å². The maximum absolute atomic E-state index is 12.1. The Morgan fingerprint density at radius 3 is 2.68 bits per heavy atom. The molecule has 3 rings (SSSR count). The highest BCUT2D eigenvalue weighted by Crippen LogP contribution is 2.39. The predicted molar refractivity (Wildman–Crippen MR) is 85.3 cm³/mol. The van der Waals surface area contributed by atoms with Crippen LogP contribution >= 0.6 is 0 Å². The summed E-state index contributed by atoms with van der Waals surface area (Å²) in [7, 11) is 1.65. The molecule has 0 spiro atoms. The number of aromatic nitrogens is 1. The van der Waals surface area contributed by atoms with Crippen molar-refractivity contribution in [2.24, 2.45) is 0 Å². The molecular weight excluding hydrogens is 276 g/mol. The van der Waals surface area contributed by atoms with Gasteiger partial charge in [-0.05, 0) is 25.8 Å². The van der Waals surface area contributed by atoms with Crippen LogP contribution in [0.4, 0.5) is 0 Å². The second-order valence-corrected chi connectivity index (χ2v) is 5.92. The third-order valence-electron chi connectivity index (χ3n) is 4.72. The molecule has 2 aromatic rings. The van der Waals surface area contributed by atoms with Crippen LogP contribution in [0.1, 0.15) is 54.2 Å². The highest BCUT2D eigenvalue weighted by molar-refractivity contribution is 6.17. The lowest BCUT2D eigenvalue weighted by molar-refractivity contribution is 0.105. The van der Waals surface area contributed by atoms with Gasteiger partial charge in [-0.15, -0.1) is 0 Å². The summed E-state index contributed by atoms with van der Waals surface area (Å²) < 4.78 is 7.76. The third kappa shape index (κ3) is 2.18. The summed E-state index contributed by atoms with van der Waals surface area (Å²) in [6, 6.07) is 7.86. The van der Waals surface area contributed by atoms with Crippen molar-refractivity contribution >= 4 is 16.7 Å². The van der Waals surface area contributed by atoms with Crippen molar-refractivity contribution in [1.82, 2.24) is 4.57 Å². The van der Waals surface area contributed by atoms with Gasteiger partial charge in [0.2, 0.25) is 0 Å². The van der Waals surface area contributed by atoms with E-state index < -0.39 is 5.78 Å². The minimum Gasteiger partial charge on any atom is -0.495 e. The quantitative estimate of drug-likeness (QED) is 0.631. The molecule has 0 atom stereocenters. The van der Waals surface area contributed by atoms with E-state index in [1.807, 2.05) is 25.1 Å². The zero-order chi connectivity index (χ0) is 15.7. The summed E-state index contributed by atoms with van der Waals surface area (Å²) >= 11 is 0. The van der Waals surface area contributed by atoms with E-state index in [9.17, 15) is 4.79 Å². The third-order valence-corrected chi connectivity index (χ3v) is 4.72. The number of hydrogen-bond acceptors (Lipinski definition) is 3. The maximum atomic E-state index is 12.1. The first-order valence-corrected chi connectivity index (χ1v) is 7.81. The highest BCUT2D eigenvalue weighted by Gasteiger charge is 2.26. The van der Waals surface area contributed by atoms with Crippen molar-refractivity contribution in [2.75, 3.05) is 7.11 Å². The van der Waals surface area contributed by atoms with Crippen LogP contribution in [0, 0.1) is 18.3 Å². The van der Waals surface area contributed by atoms with E-state index in [0.717, 1.165) is 35.2 Å². The molecule has 1 aromatic carbocycles. The van der Waals surface area contributed by atoms with E-state index in [2.05, 4.69) is 4.57 Å². The number of benzene rings is 1. The number of nitriles is 1. The van der Waals surface area contributed by atoms with Crippen LogP contribution < -0.4 is 4.74 Å². The van der Waals surface area contributed by atoms with Gasteiger partial charge in [-0.3, -0.25) is 4.79 Å². The summed E-state index contributed by atoms with van der Waals surface area (Å²) in [4.78, 5) is 12.1. The van der Waals surface area contributed by atoms with Crippen LogP contribution in [0.25, 0.3) is 10.9 Å². The van der Waals surface area contributed by atoms with Crippen LogP contribution in [-0.2, 0) is 0 Å². The molecule has 1 fully saturated rings. The Balaban J connectivity index is 2.32. The fraction of sp³-hybridized carbons (Fsp3) is 0.444. The lowest BCUT2D eigenvalue weighted by atomic mass is 9.95. The minimum atomic E-state index is -0.467. The number of para-hydroxylation sites is 1. The van der Waals surface area contributed by atoms with Gasteiger partial charge in [0.1, 0.15) is 11.8 Å². The molecule has 4 nitrogen and oxygen atoms in total. The molecule has 1 aromatic heterocycles. The summed E-state index contributed by atoms with van der Waals surface area (Å²) in [6.07, 6.45) is 5.92. The molecule has 0 amide bonds. The van der Waals surface area contributed by atoms with Crippen LogP contribution in [0.2, 0.25) is 0 Å². The Bertz CT molecular complexity index is 761. The zero-order valence-corrected chi connectivity index (χ0v) is 13.1. The topological polar surface area (TPSA) is 55.0 Å². The van der Waals surface area contributed by atoms with Crippen molar-refractivity contribution in [3.63, 3.8) is 0 Å². The average Bonchev–Trinajstić information content (AvgIpc) is 2.87. The van der Waals surface area contributed by atoms with E-state index >= 15 is 0 Å². The molecule has 0 aliphatic heterocycles. The number of carbonyl (C=O) groups excluding carboxylic acids is 1. The summed E-state index contributed by atoms with van der Waals surface area (Å²) in [5.74, 6) is 0.300. The molecule has 0 radical (unpaired) electrons. The minimum absolute atomic E-state index is 0.382. The van der Waals surface area contributed by atoms with Gasteiger partial charge in [0.15, 0.2) is 0 Å². The number of ketones is 1. The summed E-state index contributed by atoms with van der Waals surface area (Å²) in [5, 5.41) is 9.91. The largest absolute Gasteiger partial charge is 0.495 e. The smallest absolute Gasteiger partial charge is 0.264 e. The number of methoxy groups -OCH3 is 1. The van der Waals surface area contributed by atoms with Crippen molar-refractivity contribution in [2.45, 2.75) is 45.1 Å². The molecule has 0 unspecified atom stereocenters. The predicted octanol–water partition coefficient (Wildman–Crippen LogP) is 4.17. The van der Waals surface area contributed by atoms with Crippen LogP contribution in [0.3, 0.4) is 0 Å². The Labute approximate surface area is 130 Å². The van der Waals surface area contributed by atoms with E-state index in [1.165, 1.54) is 19.3 Å². The van der Waals surface area contributed by atoms with Gasteiger partial charge in [0.05, 0.1) is 18.2 Å². The molecule has 0 N–H and O–H groups in total. The van der Waals surface area contributed by atoms with Gasteiger partial charge in [-0.1, -0.05) is 31.4 Å². The van der Waals surface area contributed by atoms with Crippen molar-refractivity contribution in [1.29, 1.82) is 5.26 Å². The molecule has 1 saturated carbocycles. The molecule has 22 heavy (non-hydrogen) atoms. The first-order chi connectivity index (χ1) is 10.7. The molecule has 114 valence electrons. The zero-order valence-electron chi connectivity index (χ0n) is 13.1. The highest BCUT2D eigenvalue weighted by atomic mass is 16.5. The van der Waals surface area contributed by atoms with E-state index in [4.69, 9.17) is 10.00 Å². The van der Waals surface area contributed by atoms with E-state index in [0.29, 0.717) is 11.6 Å². The standard InChI is InChI=1S/C18H20N2O2/c1-12-17(15(21)11-19)14-9-6-10-16(22-2)18(14)20(12)13-7-4-3-5-8-13/h6,9-10,13H,3-5,7-8H2,1-2H3. The molecule has 0 saturated heterocycles. The molecule has 4 heteroatoms. The molecule has 0 bridgehead atoms. The lowest BCUT2D eigenvalue weighted by Gasteiger charge is -2.26. The molecular formula is C18H20N2O2. The maximum Gasteiger partial charge on any atom is 0.264 e. The number of fused-ring (bicyclic) bond motifs is 1. The van der Waals surface area contributed by atoms with Gasteiger partial charge in [0.25, 0.3) is 5.78 Å². The van der Waals surface area contributed by atoms with E-state index in [1.54, 1.807) is 13.2 Å². The second kappa shape index (κ2) is 5.84. The first-order valence-electron chi connectivity index (χ1n) is 7.81. The Morgan fingerprint density at radius 2 is 2.05 bits per heavy atom. The Kier molecular flexibility index (Phi) is 3.89. The summed E-state index contributed by atoms with van der Waals surface area (Å²) in [5.41, 5.74) is 2.37. The Hall–Kier alpha value is -2.28.